The van der Waals surface area contributed by atoms with Crippen LogP contribution in [0.2, 0.25) is 5.02 Å². The third-order valence-electron chi connectivity index (χ3n) is 3.96. The molecule has 2 fully saturated rings. The molecule has 1 aromatic heterocycles. The van der Waals surface area contributed by atoms with Gasteiger partial charge < -0.3 is 10.1 Å². The maximum Gasteiger partial charge on any atom is 0.254 e. The normalized spacial score (nSPS) is 26.2. The van der Waals surface area contributed by atoms with Crippen molar-refractivity contribution in [2.75, 3.05) is 26.2 Å². The van der Waals surface area contributed by atoms with Crippen molar-refractivity contribution in [3.8, 4) is 0 Å². The van der Waals surface area contributed by atoms with Gasteiger partial charge in [0, 0.05) is 31.5 Å². The third kappa shape index (κ3) is 2.95. The van der Waals surface area contributed by atoms with E-state index in [1.54, 1.807) is 12.3 Å². The minimum absolute atomic E-state index is 0.0590. The first-order valence-corrected chi connectivity index (χ1v) is 7.35. The van der Waals surface area contributed by atoms with Crippen LogP contribution in [0.1, 0.15) is 23.2 Å². The zero-order valence-electron chi connectivity index (χ0n) is 11.2. The molecule has 2 unspecified atom stereocenters. The Hall–Kier alpha value is -1.17. The van der Waals surface area contributed by atoms with E-state index in [2.05, 4.69) is 15.2 Å². The van der Waals surface area contributed by atoms with Gasteiger partial charge >= 0.3 is 0 Å². The average molecular weight is 296 g/mol. The van der Waals surface area contributed by atoms with E-state index in [-0.39, 0.29) is 12.0 Å². The molecule has 2 aliphatic heterocycles. The second-order valence-electron chi connectivity index (χ2n) is 5.31. The monoisotopic (exact) mass is 295 g/mol. The number of hydrogen-bond donors (Lipinski definition) is 1. The van der Waals surface area contributed by atoms with E-state index >= 15 is 0 Å². The summed E-state index contributed by atoms with van der Waals surface area (Å²) in [5, 5.41) is 3.29. The fraction of sp³-hybridized carbons (Fsp3) is 0.571. The summed E-state index contributed by atoms with van der Waals surface area (Å²) in [7, 11) is 0. The molecule has 0 bridgehead atoms. The molecule has 2 aliphatic rings. The number of pyridine rings is 1. The number of hydrogen-bond acceptors (Lipinski definition) is 4. The largest absolute Gasteiger partial charge is 0.373 e. The highest BCUT2D eigenvalue weighted by atomic mass is 35.5. The molecule has 0 aromatic carbocycles. The van der Waals surface area contributed by atoms with E-state index < -0.39 is 0 Å². The lowest BCUT2D eigenvalue weighted by Crippen LogP contribution is -2.50. The van der Waals surface area contributed by atoms with E-state index in [1.807, 2.05) is 0 Å². The zero-order valence-corrected chi connectivity index (χ0v) is 12.0. The Bertz CT molecular complexity index is 497. The Kier molecular flexibility index (Phi) is 4.19. The highest BCUT2D eigenvalue weighted by Gasteiger charge is 2.32. The van der Waals surface area contributed by atoms with E-state index in [1.165, 1.54) is 19.0 Å². The topological polar surface area (TPSA) is 54.5 Å². The Morgan fingerprint density at radius 1 is 1.60 bits per heavy atom. The number of halogens is 1. The number of fused-ring (bicyclic) bond motifs is 1. The lowest BCUT2D eigenvalue weighted by atomic mass is 10.2. The van der Waals surface area contributed by atoms with Crippen LogP contribution in [0.4, 0.5) is 0 Å². The Morgan fingerprint density at radius 3 is 3.35 bits per heavy atom. The summed E-state index contributed by atoms with van der Waals surface area (Å²) in [5.74, 6) is -0.199. The van der Waals surface area contributed by atoms with Crippen LogP contribution in [0.25, 0.3) is 0 Å². The van der Waals surface area contributed by atoms with Crippen molar-refractivity contribution in [3.63, 3.8) is 0 Å². The van der Waals surface area contributed by atoms with E-state index in [4.69, 9.17) is 16.3 Å². The maximum atomic E-state index is 12.0. The summed E-state index contributed by atoms with van der Waals surface area (Å²) < 4.78 is 5.80. The maximum absolute atomic E-state index is 12.0. The minimum Gasteiger partial charge on any atom is -0.373 e. The van der Waals surface area contributed by atoms with Gasteiger partial charge in [-0.25, -0.2) is 0 Å². The van der Waals surface area contributed by atoms with Gasteiger partial charge in [0.15, 0.2) is 0 Å². The molecule has 0 spiro atoms. The van der Waals surface area contributed by atoms with Crippen molar-refractivity contribution in [3.05, 3.63) is 29.0 Å². The van der Waals surface area contributed by atoms with E-state index in [9.17, 15) is 4.79 Å². The number of morpholine rings is 1. The summed E-state index contributed by atoms with van der Waals surface area (Å²) >= 11 is 5.97. The summed E-state index contributed by atoms with van der Waals surface area (Å²) in [4.78, 5) is 18.4. The molecule has 20 heavy (non-hydrogen) atoms. The fourth-order valence-corrected chi connectivity index (χ4v) is 3.05. The van der Waals surface area contributed by atoms with Gasteiger partial charge in [-0.1, -0.05) is 11.6 Å². The molecule has 1 amide bonds. The summed E-state index contributed by atoms with van der Waals surface area (Å²) in [6.45, 7) is 3.32. The van der Waals surface area contributed by atoms with Gasteiger partial charge in [-0.15, -0.1) is 0 Å². The van der Waals surface area contributed by atoms with Gasteiger partial charge in [-0.3, -0.25) is 14.7 Å². The molecule has 1 N–H and O–H groups in total. The van der Waals surface area contributed by atoms with Crippen LogP contribution in [0, 0.1) is 0 Å². The third-order valence-corrected chi connectivity index (χ3v) is 4.29. The highest BCUT2D eigenvalue weighted by molar-refractivity contribution is 6.33. The second kappa shape index (κ2) is 6.08. The number of carbonyl (C=O) groups is 1. The highest BCUT2D eigenvalue weighted by Crippen LogP contribution is 2.22. The van der Waals surface area contributed by atoms with Gasteiger partial charge in [0.25, 0.3) is 5.91 Å². The molecular weight excluding hydrogens is 278 g/mol. The van der Waals surface area contributed by atoms with Crippen LogP contribution < -0.4 is 5.32 Å². The molecule has 2 atom stereocenters. The van der Waals surface area contributed by atoms with Crippen LogP contribution in [-0.2, 0) is 4.74 Å². The van der Waals surface area contributed by atoms with Crippen molar-refractivity contribution in [2.45, 2.75) is 25.0 Å². The van der Waals surface area contributed by atoms with E-state index in [0.29, 0.717) is 23.2 Å². The average Bonchev–Trinajstić information content (AvgIpc) is 2.92. The minimum atomic E-state index is -0.199. The molecule has 3 rings (SSSR count). The number of ether oxygens (including phenoxy) is 1. The molecule has 1 aromatic rings. The number of amides is 1. The van der Waals surface area contributed by atoms with Crippen LogP contribution in [0.5, 0.6) is 0 Å². The Balaban J connectivity index is 1.52. The molecule has 5 nitrogen and oxygen atoms in total. The van der Waals surface area contributed by atoms with Crippen molar-refractivity contribution in [1.29, 1.82) is 0 Å². The van der Waals surface area contributed by atoms with Crippen molar-refractivity contribution in [2.24, 2.45) is 0 Å². The quantitative estimate of drug-likeness (QED) is 0.914. The summed E-state index contributed by atoms with van der Waals surface area (Å²) in [5.41, 5.74) is 0.407. The van der Waals surface area contributed by atoms with Gasteiger partial charge in [0.2, 0.25) is 0 Å². The molecular formula is C14H18ClN3O2. The van der Waals surface area contributed by atoms with Gasteiger partial charge in [-0.05, 0) is 25.5 Å². The molecule has 108 valence electrons. The molecule has 6 heteroatoms. The van der Waals surface area contributed by atoms with Crippen molar-refractivity contribution < 1.29 is 9.53 Å². The number of carbonyl (C=O) groups excluding carboxylic acids is 1. The fourth-order valence-electron chi connectivity index (χ4n) is 2.86. The lowest BCUT2D eigenvalue weighted by molar-refractivity contribution is -0.0461. The van der Waals surface area contributed by atoms with E-state index in [0.717, 1.165) is 19.7 Å². The zero-order chi connectivity index (χ0) is 13.9. The molecule has 0 saturated carbocycles. The van der Waals surface area contributed by atoms with Gasteiger partial charge in [0.1, 0.15) is 0 Å². The first-order valence-electron chi connectivity index (χ1n) is 6.97. The molecule has 0 aliphatic carbocycles. The predicted molar refractivity (Wildman–Crippen MR) is 75.9 cm³/mol. The van der Waals surface area contributed by atoms with Crippen LogP contribution >= 0.6 is 11.6 Å². The Labute approximate surface area is 123 Å². The molecule has 0 radical (unpaired) electrons. The van der Waals surface area contributed by atoms with Gasteiger partial charge in [-0.2, -0.15) is 0 Å². The number of aromatic nitrogens is 1. The number of rotatable bonds is 3. The Morgan fingerprint density at radius 2 is 2.50 bits per heavy atom. The predicted octanol–water partition coefficient (Wildman–Crippen LogP) is 1.33. The summed E-state index contributed by atoms with van der Waals surface area (Å²) in [6, 6.07) is 2.19. The first-order chi connectivity index (χ1) is 9.74. The number of nitrogens with zero attached hydrogens (tertiary/aromatic N) is 2. The smallest absolute Gasteiger partial charge is 0.254 e. The van der Waals surface area contributed by atoms with Crippen LogP contribution in [0.15, 0.2) is 18.5 Å². The molecule has 3 heterocycles. The summed E-state index contributed by atoms with van der Waals surface area (Å²) in [6.07, 6.45) is 5.58. The van der Waals surface area contributed by atoms with Crippen LogP contribution in [0.3, 0.4) is 0 Å². The van der Waals surface area contributed by atoms with Crippen molar-refractivity contribution >= 4 is 17.5 Å². The SMILES string of the molecule is O=C(NCC1CN2CCCC2CO1)c1cnccc1Cl. The first kappa shape index (κ1) is 13.8. The number of nitrogens with one attached hydrogen (secondary N) is 1. The van der Waals surface area contributed by atoms with Gasteiger partial charge in [0.05, 0.1) is 23.3 Å². The lowest BCUT2D eigenvalue weighted by Gasteiger charge is -2.35. The van der Waals surface area contributed by atoms with Crippen LogP contribution in [-0.4, -0.2) is 54.2 Å². The second-order valence-corrected chi connectivity index (χ2v) is 5.72. The molecule has 2 saturated heterocycles. The standard InChI is InChI=1S/C14H18ClN3O2/c15-13-3-4-16-7-12(13)14(19)17-6-11-8-18-5-1-2-10(18)9-20-11/h3-4,7,10-11H,1-2,5-6,8-9H2,(H,17,19). The van der Waals surface area contributed by atoms with Crippen molar-refractivity contribution in [1.82, 2.24) is 15.2 Å².